The highest BCUT2D eigenvalue weighted by Gasteiger charge is 2.27. The SMILES string of the molecule is C=CC(=O)N(N)c1cc2c(cc1Cl)[nH]c(=O)n2C1CCN(Cc2ccc(C3Nc4cc[nH]c(=O)c4C=C3c3ccccc3)cc2)CC1. The number of rotatable bonds is 7. The van der Waals surface area contributed by atoms with Crippen molar-refractivity contribution in [2.75, 3.05) is 23.4 Å². The highest BCUT2D eigenvalue weighted by atomic mass is 35.5. The fourth-order valence-electron chi connectivity index (χ4n) is 6.68. The van der Waals surface area contributed by atoms with Gasteiger partial charge in [0.1, 0.15) is 0 Å². The van der Waals surface area contributed by atoms with E-state index in [1.54, 1.807) is 22.9 Å². The summed E-state index contributed by atoms with van der Waals surface area (Å²) in [6.07, 6.45) is 6.35. The zero-order chi connectivity index (χ0) is 32.7. The third-order valence-corrected chi connectivity index (χ3v) is 9.42. The molecule has 1 amide bonds. The maximum atomic E-state index is 13.1. The normalized spacial score (nSPS) is 16.7. The van der Waals surface area contributed by atoms with Gasteiger partial charge in [0.2, 0.25) is 0 Å². The Labute approximate surface area is 275 Å². The van der Waals surface area contributed by atoms with E-state index in [2.05, 4.69) is 63.2 Å². The minimum absolute atomic E-state index is 0.0130. The van der Waals surface area contributed by atoms with Gasteiger partial charge in [-0.25, -0.2) is 15.6 Å². The fraction of sp³-hybridized carbons (Fsp3) is 0.194. The average molecular weight is 648 g/mol. The van der Waals surface area contributed by atoms with Crippen molar-refractivity contribution in [3.8, 4) is 0 Å². The number of carbonyl (C=O) groups is 1. The Morgan fingerprint density at radius 1 is 1.04 bits per heavy atom. The van der Waals surface area contributed by atoms with Gasteiger partial charge in [0.25, 0.3) is 11.5 Å². The molecule has 0 saturated carbocycles. The van der Waals surface area contributed by atoms with Crippen LogP contribution < -0.4 is 27.4 Å². The summed E-state index contributed by atoms with van der Waals surface area (Å²) in [5.74, 6) is 5.48. The van der Waals surface area contributed by atoms with E-state index >= 15 is 0 Å². The highest BCUT2D eigenvalue weighted by Crippen LogP contribution is 2.39. The molecule has 0 spiro atoms. The van der Waals surface area contributed by atoms with Crippen molar-refractivity contribution >= 4 is 51.6 Å². The molecule has 0 aliphatic carbocycles. The van der Waals surface area contributed by atoms with Crippen LogP contribution in [0.5, 0.6) is 0 Å². The maximum absolute atomic E-state index is 13.1. The molecule has 4 heterocycles. The number of hydrazine groups is 1. The number of likely N-dealkylation sites (tertiary alicyclic amines) is 1. The van der Waals surface area contributed by atoms with Crippen molar-refractivity contribution in [2.24, 2.45) is 5.84 Å². The number of nitrogens with one attached hydrogen (secondary N) is 3. The lowest BCUT2D eigenvalue weighted by Gasteiger charge is -2.33. The first-order chi connectivity index (χ1) is 22.8. The molecule has 5 N–H and O–H groups in total. The average Bonchev–Trinajstić information content (AvgIpc) is 3.42. The van der Waals surface area contributed by atoms with Crippen molar-refractivity contribution in [3.63, 3.8) is 0 Å². The number of amides is 1. The smallest absolute Gasteiger partial charge is 0.326 e. The van der Waals surface area contributed by atoms with Crippen LogP contribution in [0.4, 0.5) is 11.4 Å². The molecule has 10 nitrogen and oxygen atoms in total. The molecule has 5 aromatic rings. The molecule has 2 aliphatic rings. The van der Waals surface area contributed by atoms with Gasteiger partial charge < -0.3 is 15.3 Å². The van der Waals surface area contributed by atoms with Gasteiger partial charge in [-0.05, 0) is 65.5 Å². The van der Waals surface area contributed by atoms with Crippen molar-refractivity contribution < 1.29 is 4.79 Å². The highest BCUT2D eigenvalue weighted by molar-refractivity contribution is 6.34. The van der Waals surface area contributed by atoms with Crippen LogP contribution >= 0.6 is 11.6 Å². The van der Waals surface area contributed by atoms with Crippen molar-refractivity contribution in [2.45, 2.75) is 31.5 Å². The molecule has 2 aromatic heterocycles. The molecule has 7 rings (SSSR count). The van der Waals surface area contributed by atoms with Crippen LogP contribution in [0.3, 0.4) is 0 Å². The number of nitrogens with zero attached hydrogens (tertiary/aromatic N) is 3. The first-order valence-electron chi connectivity index (χ1n) is 15.5. The van der Waals surface area contributed by atoms with Crippen LogP contribution in [0.25, 0.3) is 22.7 Å². The van der Waals surface area contributed by atoms with Gasteiger partial charge in [-0.3, -0.25) is 19.1 Å². The zero-order valence-corrected chi connectivity index (χ0v) is 26.3. The Bertz CT molecular complexity index is 2120. The molecule has 1 fully saturated rings. The number of aromatic nitrogens is 3. The van der Waals surface area contributed by atoms with E-state index in [1.807, 2.05) is 30.3 Å². The van der Waals surface area contributed by atoms with Crippen LogP contribution in [-0.4, -0.2) is 38.4 Å². The van der Waals surface area contributed by atoms with E-state index in [1.165, 1.54) is 5.56 Å². The topological polar surface area (TPSA) is 132 Å². The summed E-state index contributed by atoms with van der Waals surface area (Å²) in [6, 6.07) is 23.8. The zero-order valence-electron chi connectivity index (χ0n) is 25.6. The molecule has 11 heteroatoms. The summed E-state index contributed by atoms with van der Waals surface area (Å²) < 4.78 is 1.76. The summed E-state index contributed by atoms with van der Waals surface area (Å²) in [5.41, 5.74) is 7.08. The second-order valence-corrected chi connectivity index (χ2v) is 12.4. The Morgan fingerprint density at radius 2 is 1.79 bits per heavy atom. The van der Waals surface area contributed by atoms with Gasteiger partial charge in [-0.15, -0.1) is 0 Å². The number of piperidine rings is 1. The van der Waals surface area contributed by atoms with Crippen molar-refractivity contribution in [1.29, 1.82) is 0 Å². The Balaban J connectivity index is 1.06. The van der Waals surface area contributed by atoms with E-state index in [4.69, 9.17) is 17.4 Å². The van der Waals surface area contributed by atoms with Crippen molar-refractivity contribution in [3.05, 3.63) is 140 Å². The Morgan fingerprint density at radius 3 is 2.51 bits per heavy atom. The Kier molecular flexibility index (Phi) is 8.15. The number of hydrogen-bond donors (Lipinski definition) is 4. The number of fused-ring (bicyclic) bond motifs is 2. The summed E-state index contributed by atoms with van der Waals surface area (Å²) in [7, 11) is 0. The number of anilines is 2. The molecular weight excluding hydrogens is 614 g/mol. The number of hydrogen-bond acceptors (Lipinski definition) is 6. The fourth-order valence-corrected chi connectivity index (χ4v) is 6.94. The van der Waals surface area contributed by atoms with Crippen LogP contribution in [0.2, 0.25) is 5.02 Å². The predicted octanol–water partition coefficient (Wildman–Crippen LogP) is 5.61. The summed E-state index contributed by atoms with van der Waals surface area (Å²) >= 11 is 6.39. The van der Waals surface area contributed by atoms with Gasteiger partial charge in [0.05, 0.1) is 33.3 Å². The number of aromatic amines is 2. The lowest BCUT2D eigenvalue weighted by molar-refractivity contribution is -0.114. The molecular formula is C36H34ClN7O3. The summed E-state index contributed by atoms with van der Waals surface area (Å²) in [6.45, 7) is 5.92. The maximum Gasteiger partial charge on any atom is 0.326 e. The van der Waals surface area contributed by atoms with E-state index in [0.717, 1.165) is 65.9 Å². The van der Waals surface area contributed by atoms with Gasteiger partial charge in [0.15, 0.2) is 0 Å². The first-order valence-corrected chi connectivity index (χ1v) is 15.9. The number of imidazole rings is 1. The molecule has 3 aromatic carbocycles. The third kappa shape index (κ3) is 5.83. The minimum Gasteiger partial charge on any atom is -0.373 e. The Hall–Kier alpha value is -5.16. The van der Waals surface area contributed by atoms with Crippen LogP contribution in [0, 0.1) is 0 Å². The number of pyridine rings is 1. The van der Waals surface area contributed by atoms with Gasteiger partial charge in [-0.1, -0.05) is 72.8 Å². The molecule has 47 heavy (non-hydrogen) atoms. The molecule has 0 bridgehead atoms. The van der Waals surface area contributed by atoms with Crippen molar-refractivity contribution in [1.82, 2.24) is 19.4 Å². The van der Waals surface area contributed by atoms with Gasteiger partial charge in [0, 0.05) is 37.6 Å². The molecule has 1 unspecified atom stereocenters. The number of benzene rings is 3. The standard InChI is InChI=1S/C36H34ClN7O3/c1-2-33(45)44(38)31-20-32-30(19-28(31)37)41-36(47)43(32)25-13-16-42(17-14-25)21-22-8-10-24(11-9-22)34-26(23-6-4-3-5-7-23)18-27-29(40-34)12-15-39-35(27)46/h2-12,15,18-20,25,34,40H,1,13-14,16-17,21,38H2,(H,39,46)(H,41,47). The van der Waals surface area contributed by atoms with Gasteiger partial charge in [-0.2, -0.15) is 0 Å². The molecule has 1 saturated heterocycles. The summed E-state index contributed by atoms with van der Waals surface area (Å²) in [4.78, 5) is 45.8. The predicted molar refractivity (Wildman–Crippen MR) is 187 cm³/mol. The quantitative estimate of drug-likeness (QED) is 0.0786. The monoisotopic (exact) mass is 647 g/mol. The van der Waals surface area contributed by atoms with E-state index < -0.39 is 5.91 Å². The molecule has 2 aliphatic heterocycles. The van der Waals surface area contributed by atoms with E-state index in [-0.39, 0.29) is 28.4 Å². The lowest BCUT2D eigenvalue weighted by Crippen LogP contribution is -2.37. The first kappa shape index (κ1) is 30.5. The van der Waals surface area contributed by atoms with Gasteiger partial charge >= 0.3 is 5.69 Å². The number of carbonyl (C=O) groups excluding carboxylic acids is 1. The van der Waals surface area contributed by atoms with E-state index in [9.17, 15) is 14.4 Å². The molecule has 0 radical (unpaired) electrons. The number of H-pyrrole nitrogens is 2. The molecule has 1 atom stereocenters. The second kappa shape index (κ2) is 12.6. The summed E-state index contributed by atoms with van der Waals surface area (Å²) in [5, 5.41) is 4.79. The van der Waals surface area contributed by atoms with E-state index in [0.29, 0.717) is 22.3 Å². The second-order valence-electron chi connectivity index (χ2n) is 12.0. The van der Waals surface area contributed by atoms with Crippen LogP contribution in [0.1, 0.15) is 47.2 Å². The number of halogens is 1. The molecule has 238 valence electrons. The number of nitrogens with two attached hydrogens (primary N) is 1. The van der Waals surface area contributed by atoms with Crippen LogP contribution in [0.15, 0.2) is 101 Å². The third-order valence-electron chi connectivity index (χ3n) is 9.12. The minimum atomic E-state index is -0.498. The lowest BCUT2D eigenvalue weighted by atomic mass is 9.88. The largest absolute Gasteiger partial charge is 0.373 e. The van der Waals surface area contributed by atoms with Crippen LogP contribution in [-0.2, 0) is 11.3 Å².